The van der Waals surface area contributed by atoms with Gasteiger partial charge in [-0.1, -0.05) is 13.3 Å². The first-order chi connectivity index (χ1) is 9.75. The molecule has 2 unspecified atom stereocenters. The van der Waals surface area contributed by atoms with Crippen LogP contribution < -0.4 is 0 Å². The summed E-state index contributed by atoms with van der Waals surface area (Å²) in [5.41, 5.74) is 0. The summed E-state index contributed by atoms with van der Waals surface area (Å²) in [6, 6.07) is -0.369. The SMILES string of the molecule is CCC1C[C@H](C(=O)N2CCS(=O)(=O)CC2C)[C@H](C(=O)O)C1. The fourth-order valence-electron chi connectivity index (χ4n) is 3.56. The van der Waals surface area contributed by atoms with Gasteiger partial charge in [0.25, 0.3) is 0 Å². The van der Waals surface area contributed by atoms with Gasteiger partial charge in [0.2, 0.25) is 5.91 Å². The van der Waals surface area contributed by atoms with Crippen molar-refractivity contribution in [3.05, 3.63) is 0 Å². The van der Waals surface area contributed by atoms with Crippen LogP contribution in [0.3, 0.4) is 0 Å². The topological polar surface area (TPSA) is 91.8 Å². The second-order valence-corrected chi connectivity index (χ2v) is 8.52. The highest BCUT2D eigenvalue weighted by Crippen LogP contribution is 2.39. The van der Waals surface area contributed by atoms with Crippen LogP contribution in [0.5, 0.6) is 0 Å². The molecule has 0 aromatic heterocycles. The molecular formula is C14H23NO5S. The van der Waals surface area contributed by atoms with Crippen molar-refractivity contribution in [3.63, 3.8) is 0 Å². The summed E-state index contributed by atoms with van der Waals surface area (Å²) >= 11 is 0. The Morgan fingerprint density at radius 2 is 1.86 bits per heavy atom. The number of hydrogen-bond acceptors (Lipinski definition) is 4. The number of nitrogens with zero attached hydrogens (tertiary/aromatic N) is 1. The molecule has 2 fully saturated rings. The highest BCUT2D eigenvalue weighted by molar-refractivity contribution is 7.91. The summed E-state index contributed by atoms with van der Waals surface area (Å²) in [7, 11) is -3.08. The van der Waals surface area contributed by atoms with Crippen LogP contribution in [0.4, 0.5) is 0 Å². The van der Waals surface area contributed by atoms with Crippen molar-refractivity contribution in [2.45, 2.75) is 39.2 Å². The Labute approximate surface area is 125 Å². The molecule has 0 spiro atoms. The molecule has 1 amide bonds. The van der Waals surface area contributed by atoms with Crippen LogP contribution in [0.15, 0.2) is 0 Å². The number of carbonyl (C=O) groups excluding carboxylic acids is 1. The minimum atomic E-state index is -3.08. The van der Waals surface area contributed by atoms with E-state index < -0.39 is 27.6 Å². The molecule has 1 aliphatic carbocycles. The van der Waals surface area contributed by atoms with Gasteiger partial charge in [-0.15, -0.1) is 0 Å². The van der Waals surface area contributed by atoms with Gasteiger partial charge in [-0.25, -0.2) is 8.42 Å². The summed E-state index contributed by atoms with van der Waals surface area (Å²) in [5.74, 6) is -2.01. The molecule has 120 valence electrons. The van der Waals surface area contributed by atoms with E-state index in [1.807, 2.05) is 6.92 Å². The lowest BCUT2D eigenvalue weighted by atomic mass is 9.94. The number of carbonyl (C=O) groups is 2. The third-order valence-corrected chi connectivity index (χ3v) is 6.62. The van der Waals surface area contributed by atoms with E-state index in [-0.39, 0.29) is 35.9 Å². The van der Waals surface area contributed by atoms with Gasteiger partial charge in [-0.3, -0.25) is 9.59 Å². The van der Waals surface area contributed by atoms with Crippen molar-refractivity contribution < 1.29 is 23.1 Å². The molecule has 1 aliphatic heterocycles. The Kier molecular flexibility index (Phi) is 4.60. The van der Waals surface area contributed by atoms with Crippen molar-refractivity contribution in [1.29, 1.82) is 0 Å². The predicted molar refractivity (Wildman–Crippen MR) is 77.5 cm³/mol. The van der Waals surface area contributed by atoms with Crippen LogP contribution in [0.1, 0.15) is 33.1 Å². The second-order valence-electron chi connectivity index (χ2n) is 6.29. The zero-order valence-corrected chi connectivity index (χ0v) is 13.3. The third-order valence-electron chi connectivity index (χ3n) is 4.83. The van der Waals surface area contributed by atoms with Crippen LogP contribution in [-0.4, -0.2) is 54.4 Å². The van der Waals surface area contributed by atoms with Crippen molar-refractivity contribution in [2.24, 2.45) is 17.8 Å². The lowest BCUT2D eigenvalue weighted by Crippen LogP contribution is -2.52. The fourth-order valence-corrected chi connectivity index (χ4v) is 5.12. The monoisotopic (exact) mass is 317 g/mol. The van der Waals surface area contributed by atoms with E-state index in [0.29, 0.717) is 12.8 Å². The Morgan fingerprint density at radius 3 is 2.38 bits per heavy atom. The molecule has 6 nitrogen and oxygen atoms in total. The molecule has 2 aliphatic rings. The standard InChI is InChI=1S/C14H23NO5S/c1-3-10-6-11(12(7-10)14(17)18)13(16)15-4-5-21(19,20)8-9(15)2/h9-12H,3-8H2,1-2H3,(H,17,18)/t9?,10?,11-,12+/m0/s1. The molecule has 1 saturated carbocycles. The Bertz CT molecular complexity index is 529. The first-order valence-electron chi connectivity index (χ1n) is 7.49. The summed E-state index contributed by atoms with van der Waals surface area (Å²) in [4.78, 5) is 25.6. The van der Waals surface area contributed by atoms with E-state index in [9.17, 15) is 23.1 Å². The van der Waals surface area contributed by atoms with Crippen molar-refractivity contribution >= 4 is 21.7 Å². The average molecular weight is 317 g/mol. The molecule has 21 heavy (non-hydrogen) atoms. The van der Waals surface area contributed by atoms with Gasteiger partial charge in [-0.05, 0) is 25.7 Å². The fraction of sp³-hybridized carbons (Fsp3) is 0.857. The van der Waals surface area contributed by atoms with Crippen LogP contribution in [0.2, 0.25) is 0 Å². The number of hydrogen-bond donors (Lipinski definition) is 1. The second kappa shape index (κ2) is 5.94. The third kappa shape index (κ3) is 3.39. The van der Waals surface area contributed by atoms with Crippen molar-refractivity contribution in [3.8, 4) is 0 Å². The Morgan fingerprint density at radius 1 is 1.24 bits per heavy atom. The van der Waals surface area contributed by atoms with Gasteiger partial charge < -0.3 is 10.0 Å². The maximum absolute atomic E-state index is 12.7. The minimum Gasteiger partial charge on any atom is -0.481 e. The number of amides is 1. The van der Waals surface area contributed by atoms with Gasteiger partial charge in [0.05, 0.1) is 23.3 Å². The van der Waals surface area contributed by atoms with Crippen molar-refractivity contribution in [2.75, 3.05) is 18.1 Å². The number of rotatable bonds is 3. The Hall–Kier alpha value is -1.11. The van der Waals surface area contributed by atoms with E-state index in [1.54, 1.807) is 11.8 Å². The normalized spacial score (nSPS) is 35.6. The van der Waals surface area contributed by atoms with Gasteiger partial charge in [0.1, 0.15) is 0 Å². The average Bonchev–Trinajstić information content (AvgIpc) is 2.81. The summed E-state index contributed by atoms with van der Waals surface area (Å²) in [6.45, 7) is 3.91. The molecule has 1 N–H and O–H groups in total. The first-order valence-corrected chi connectivity index (χ1v) is 9.31. The number of carboxylic acid groups (broad SMARTS) is 1. The van der Waals surface area contributed by atoms with E-state index in [4.69, 9.17) is 0 Å². The van der Waals surface area contributed by atoms with Gasteiger partial charge in [-0.2, -0.15) is 0 Å². The zero-order valence-electron chi connectivity index (χ0n) is 12.5. The molecule has 4 atom stereocenters. The molecule has 1 heterocycles. The van der Waals surface area contributed by atoms with Crippen molar-refractivity contribution in [1.82, 2.24) is 4.90 Å². The zero-order chi connectivity index (χ0) is 15.8. The van der Waals surface area contributed by atoms with E-state index in [1.165, 1.54) is 0 Å². The molecule has 1 saturated heterocycles. The Balaban J connectivity index is 2.13. The number of aliphatic carboxylic acids is 1. The molecule has 0 aromatic carbocycles. The lowest BCUT2D eigenvalue weighted by Gasteiger charge is -2.35. The summed E-state index contributed by atoms with van der Waals surface area (Å²) < 4.78 is 23.2. The van der Waals surface area contributed by atoms with Crippen LogP contribution in [0.25, 0.3) is 0 Å². The molecular weight excluding hydrogens is 294 g/mol. The van der Waals surface area contributed by atoms with Crippen LogP contribution in [0, 0.1) is 17.8 Å². The molecule has 7 heteroatoms. The van der Waals surface area contributed by atoms with Crippen LogP contribution in [-0.2, 0) is 19.4 Å². The van der Waals surface area contributed by atoms with Gasteiger partial charge in [0.15, 0.2) is 9.84 Å². The number of carboxylic acids is 1. The number of sulfone groups is 1. The largest absolute Gasteiger partial charge is 0.481 e. The first kappa shape index (κ1) is 16.3. The maximum atomic E-state index is 12.7. The van der Waals surface area contributed by atoms with Crippen LogP contribution >= 0.6 is 0 Å². The predicted octanol–water partition coefficient (Wildman–Crippen LogP) is 0.769. The molecule has 2 rings (SSSR count). The van der Waals surface area contributed by atoms with Gasteiger partial charge in [0, 0.05) is 12.6 Å². The highest BCUT2D eigenvalue weighted by Gasteiger charge is 2.45. The molecule has 0 aromatic rings. The summed E-state index contributed by atoms with van der Waals surface area (Å²) in [5, 5.41) is 9.33. The summed E-state index contributed by atoms with van der Waals surface area (Å²) in [6.07, 6.45) is 2.02. The van der Waals surface area contributed by atoms with E-state index >= 15 is 0 Å². The maximum Gasteiger partial charge on any atom is 0.307 e. The van der Waals surface area contributed by atoms with E-state index in [2.05, 4.69) is 0 Å². The highest BCUT2D eigenvalue weighted by atomic mass is 32.2. The van der Waals surface area contributed by atoms with E-state index in [0.717, 1.165) is 6.42 Å². The quantitative estimate of drug-likeness (QED) is 0.830. The smallest absolute Gasteiger partial charge is 0.307 e. The minimum absolute atomic E-state index is 0.0231. The molecule has 0 radical (unpaired) electrons. The molecule has 0 bridgehead atoms. The van der Waals surface area contributed by atoms with Gasteiger partial charge >= 0.3 is 5.97 Å². The lowest BCUT2D eigenvalue weighted by molar-refractivity contribution is -0.149.